The third-order valence-corrected chi connectivity index (χ3v) is 3.53. The minimum Gasteiger partial charge on any atom is -0.383 e. The van der Waals surface area contributed by atoms with Crippen molar-refractivity contribution in [1.82, 2.24) is 5.32 Å². The van der Waals surface area contributed by atoms with Crippen LogP contribution in [0.1, 0.15) is 25.3 Å². The summed E-state index contributed by atoms with van der Waals surface area (Å²) < 4.78 is 5.70. The van der Waals surface area contributed by atoms with Gasteiger partial charge in [0.15, 0.2) is 0 Å². The number of nitrogens with one attached hydrogen (secondary N) is 1. The van der Waals surface area contributed by atoms with E-state index in [0.29, 0.717) is 12.5 Å². The summed E-state index contributed by atoms with van der Waals surface area (Å²) in [4.78, 5) is 0. The maximum Gasteiger partial charge on any atom is 0.110 e. The summed E-state index contributed by atoms with van der Waals surface area (Å²) in [5.74, 6) is 0.588. The zero-order chi connectivity index (χ0) is 12.8. The molecule has 0 aliphatic carbocycles. The Balaban J connectivity index is 1.78. The van der Waals surface area contributed by atoms with Gasteiger partial charge in [-0.05, 0) is 37.8 Å². The molecule has 0 amide bonds. The van der Waals surface area contributed by atoms with Crippen LogP contribution in [0.2, 0.25) is 0 Å². The van der Waals surface area contributed by atoms with Gasteiger partial charge in [0.2, 0.25) is 0 Å². The molecule has 2 N–H and O–H groups in total. The van der Waals surface area contributed by atoms with Crippen LogP contribution in [-0.2, 0) is 10.3 Å². The van der Waals surface area contributed by atoms with Gasteiger partial charge in [0.1, 0.15) is 5.60 Å². The molecular formula is C15H23NO2. The van der Waals surface area contributed by atoms with Gasteiger partial charge in [-0.25, -0.2) is 0 Å². The number of hydrogen-bond acceptors (Lipinski definition) is 3. The number of benzene rings is 1. The second-order valence-corrected chi connectivity index (χ2v) is 5.37. The molecule has 0 aromatic heterocycles. The quantitative estimate of drug-likeness (QED) is 0.837. The van der Waals surface area contributed by atoms with Crippen molar-refractivity contribution < 1.29 is 9.84 Å². The first-order valence-corrected chi connectivity index (χ1v) is 6.75. The Morgan fingerprint density at radius 2 is 2.17 bits per heavy atom. The van der Waals surface area contributed by atoms with Gasteiger partial charge in [-0.2, -0.15) is 0 Å². The van der Waals surface area contributed by atoms with Crippen molar-refractivity contribution in [2.45, 2.75) is 25.4 Å². The van der Waals surface area contributed by atoms with E-state index in [1.807, 2.05) is 30.3 Å². The Morgan fingerprint density at radius 1 is 1.39 bits per heavy atom. The second-order valence-electron chi connectivity index (χ2n) is 5.37. The third-order valence-electron chi connectivity index (χ3n) is 3.53. The number of hydrogen-bond donors (Lipinski definition) is 2. The first-order chi connectivity index (χ1) is 8.68. The van der Waals surface area contributed by atoms with E-state index in [9.17, 15) is 5.11 Å². The van der Waals surface area contributed by atoms with Gasteiger partial charge < -0.3 is 15.2 Å². The lowest BCUT2D eigenvalue weighted by Gasteiger charge is -2.27. The average Bonchev–Trinajstić information content (AvgIpc) is 2.41. The largest absolute Gasteiger partial charge is 0.383 e. The van der Waals surface area contributed by atoms with Gasteiger partial charge >= 0.3 is 0 Å². The summed E-state index contributed by atoms with van der Waals surface area (Å²) in [6, 6.07) is 9.70. The van der Waals surface area contributed by atoms with Crippen molar-refractivity contribution in [3.05, 3.63) is 35.9 Å². The van der Waals surface area contributed by atoms with Crippen molar-refractivity contribution in [2.75, 3.05) is 26.3 Å². The molecule has 3 heteroatoms. The van der Waals surface area contributed by atoms with Crippen LogP contribution in [0, 0.1) is 5.92 Å². The van der Waals surface area contributed by atoms with Crippen LogP contribution in [0.4, 0.5) is 0 Å². The highest BCUT2D eigenvalue weighted by Gasteiger charge is 2.23. The van der Waals surface area contributed by atoms with E-state index in [2.05, 4.69) is 5.32 Å². The topological polar surface area (TPSA) is 41.5 Å². The highest BCUT2D eigenvalue weighted by molar-refractivity contribution is 5.21. The molecule has 0 saturated carbocycles. The number of piperidine rings is 1. The lowest BCUT2D eigenvalue weighted by atomic mass is 9.97. The van der Waals surface area contributed by atoms with Crippen LogP contribution in [0.15, 0.2) is 30.3 Å². The molecule has 100 valence electrons. The summed E-state index contributed by atoms with van der Waals surface area (Å²) >= 11 is 0. The van der Waals surface area contributed by atoms with Crippen LogP contribution >= 0.6 is 0 Å². The van der Waals surface area contributed by atoms with Gasteiger partial charge in [0, 0.05) is 6.54 Å². The van der Waals surface area contributed by atoms with E-state index in [4.69, 9.17) is 4.74 Å². The Bertz CT molecular complexity index is 345. The molecule has 2 atom stereocenters. The molecular weight excluding hydrogens is 226 g/mol. The molecule has 2 unspecified atom stereocenters. The maximum atomic E-state index is 10.4. The molecule has 2 rings (SSSR count). The van der Waals surface area contributed by atoms with Crippen molar-refractivity contribution in [3.63, 3.8) is 0 Å². The van der Waals surface area contributed by atoms with Gasteiger partial charge in [-0.3, -0.25) is 0 Å². The van der Waals surface area contributed by atoms with E-state index < -0.39 is 5.60 Å². The van der Waals surface area contributed by atoms with Crippen LogP contribution in [0.3, 0.4) is 0 Å². The fourth-order valence-electron chi connectivity index (χ4n) is 2.37. The molecule has 18 heavy (non-hydrogen) atoms. The predicted octanol–water partition coefficient (Wildman–Crippen LogP) is 1.91. The van der Waals surface area contributed by atoms with Crippen LogP contribution in [0.25, 0.3) is 0 Å². The Hall–Kier alpha value is -0.900. The van der Waals surface area contributed by atoms with E-state index >= 15 is 0 Å². The van der Waals surface area contributed by atoms with Gasteiger partial charge in [0.25, 0.3) is 0 Å². The van der Waals surface area contributed by atoms with Crippen LogP contribution < -0.4 is 5.32 Å². The van der Waals surface area contributed by atoms with Gasteiger partial charge in [-0.1, -0.05) is 30.3 Å². The highest BCUT2D eigenvalue weighted by atomic mass is 16.5. The van der Waals surface area contributed by atoms with Crippen LogP contribution in [-0.4, -0.2) is 31.4 Å². The molecule has 0 radical (unpaired) electrons. The summed E-state index contributed by atoms with van der Waals surface area (Å²) in [6.07, 6.45) is 2.45. The first-order valence-electron chi connectivity index (χ1n) is 6.75. The van der Waals surface area contributed by atoms with Crippen molar-refractivity contribution >= 4 is 0 Å². The molecule has 3 nitrogen and oxygen atoms in total. The lowest BCUT2D eigenvalue weighted by molar-refractivity contribution is -0.0478. The van der Waals surface area contributed by atoms with E-state index in [1.165, 1.54) is 12.8 Å². The van der Waals surface area contributed by atoms with Crippen molar-refractivity contribution in [1.29, 1.82) is 0 Å². The van der Waals surface area contributed by atoms with Crippen molar-refractivity contribution in [3.8, 4) is 0 Å². The number of rotatable bonds is 5. The average molecular weight is 249 g/mol. The SMILES string of the molecule is CC(O)(COCC1CCCNC1)c1ccccc1. The molecule has 1 fully saturated rings. The van der Waals surface area contributed by atoms with E-state index in [-0.39, 0.29) is 0 Å². The molecule has 1 saturated heterocycles. The van der Waals surface area contributed by atoms with E-state index in [1.54, 1.807) is 6.92 Å². The standard InChI is InChI=1S/C15H23NO2/c1-15(17,14-7-3-2-4-8-14)12-18-11-13-6-5-9-16-10-13/h2-4,7-8,13,16-17H,5-6,9-12H2,1H3. The third kappa shape index (κ3) is 3.80. The summed E-state index contributed by atoms with van der Waals surface area (Å²) in [5, 5.41) is 13.7. The van der Waals surface area contributed by atoms with Gasteiger partial charge in [-0.15, -0.1) is 0 Å². The fraction of sp³-hybridized carbons (Fsp3) is 0.600. The maximum absolute atomic E-state index is 10.4. The summed E-state index contributed by atoms with van der Waals surface area (Å²) in [6.45, 7) is 5.05. The summed E-state index contributed by atoms with van der Waals surface area (Å²) in [7, 11) is 0. The molecule has 1 aliphatic heterocycles. The second kappa shape index (κ2) is 6.32. The smallest absolute Gasteiger partial charge is 0.110 e. The zero-order valence-corrected chi connectivity index (χ0v) is 11.1. The lowest BCUT2D eigenvalue weighted by Crippen LogP contribution is -2.34. The minimum absolute atomic E-state index is 0.355. The van der Waals surface area contributed by atoms with Crippen LogP contribution in [0.5, 0.6) is 0 Å². The molecule has 1 heterocycles. The van der Waals surface area contributed by atoms with E-state index in [0.717, 1.165) is 25.3 Å². The fourth-order valence-corrected chi connectivity index (χ4v) is 2.37. The molecule has 1 aliphatic rings. The number of ether oxygens (including phenoxy) is 1. The predicted molar refractivity (Wildman–Crippen MR) is 72.4 cm³/mol. The Kier molecular flexibility index (Phi) is 4.75. The molecule has 0 spiro atoms. The molecule has 1 aromatic carbocycles. The van der Waals surface area contributed by atoms with Gasteiger partial charge in [0.05, 0.1) is 13.2 Å². The zero-order valence-electron chi connectivity index (χ0n) is 11.1. The monoisotopic (exact) mass is 249 g/mol. The number of aliphatic hydroxyl groups is 1. The Morgan fingerprint density at radius 3 is 2.83 bits per heavy atom. The highest BCUT2D eigenvalue weighted by Crippen LogP contribution is 2.21. The molecule has 0 bridgehead atoms. The first kappa shape index (κ1) is 13.5. The molecule has 1 aromatic rings. The summed E-state index contributed by atoms with van der Waals surface area (Å²) in [5.41, 5.74) is 0.00960. The minimum atomic E-state index is -0.899. The Labute approximate surface area is 109 Å². The van der Waals surface area contributed by atoms with Crippen molar-refractivity contribution in [2.24, 2.45) is 5.92 Å². The normalized spacial score (nSPS) is 23.6.